The highest BCUT2D eigenvalue weighted by atomic mass is 16.6. The summed E-state index contributed by atoms with van der Waals surface area (Å²) in [5, 5.41) is 3.78. The summed E-state index contributed by atoms with van der Waals surface area (Å²) in [7, 11) is 1.86. The van der Waals surface area contributed by atoms with Crippen LogP contribution in [0.2, 0.25) is 0 Å². The lowest BCUT2D eigenvalue weighted by Gasteiger charge is -2.30. The second kappa shape index (κ2) is 10.1. The van der Waals surface area contributed by atoms with Gasteiger partial charge < -0.3 is 23.9 Å². The van der Waals surface area contributed by atoms with E-state index >= 15 is 0 Å². The van der Waals surface area contributed by atoms with E-state index in [9.17, 15) is 9.59 Å². The number of aryl methyl sites for hydroxylation is 1. The fourth-order valence-corrected chi connectivity index (χ4v) is 3.67. The van der Waals surface area contributed by atoms with Crippen LogP contribution in [-0.4, -0.2) is 44.6 Å². The maximum Gasteiger partial charge on any atom is 0.408 e. The summed E-state index contributed by atoms with van der Waals surface area (Å²) in [5.74, 6) is 0.0912. The molecule has 0 fully saturated rings. The summed E-state index contributed by atoms with van der Waals surface area (Å²) in [6, 6.07) is 7.02. The Hall–Kier alpha value is -3.29. The minimum atomic E-state index is -0.786. The average molecular weight is 455 g/mol. The number of benzene rings is 1. The second-order valence-electron chi connectivity index (χ2n) is 9.80. The molecule has 3 aromatic rings. The molecule has 2 heterocycles. The first-order valence-electron chi connectivity index (χ1n) is 11.2. The third kappa shape index (κ3) is 6.84. The fraction of sp³-hybridized carbons (Fsp3) is 0.480. The van der Waals surface area contributed by atoms with E-state index in [1.165, 1.54) is 0 Å². The van der Waals surface area contributed by atoms with Crippen LogP contribution in [0.3, 0.4) is 0 Å². The number of ether oxygens (including phenoxy) is 1. The van der Waals surface area contributed by atoms with Gasteiger partial charge in [-0.15, -0.1) is 0 Å². The molecule has 2 amide bonds. The molecule has 0 bridgehead atoms. The van der Waals surface area contributed by atoms with Gasteiger partial charge in [0.2, 0.25) is 5.91 Å². The number of hydrogen-bond acceptors (Lipinski definition) is 5. The maximum absolute atomic E-state index is 13.7. The molecule has 2 aromatic heterocycles. The van der Waals surface area contributed by atoms with E-state index in [1.807, 2.05) is 35.9 Å². The lowest BCUT2D eigenvalue weighted by atomic mass is 10.1. The maximum atomic E-state index is 13.7. The van der Waals surface area contributed by atoms with Crippen LogP contribution in [0.25, 0.3) is 11.0 Å². The van der Waals surface area contributed by atoms with Crippen molar-refractivity contribution in [1.29, 1.82) is 0 Å². The first-order valence-corrected chi connectivity index (χ1v) is 11.2. The van der Waals surface area contributed by atoms with E-state index in [1.54, 1.807) is 44.5 Å². The average Bonchev–Trinajstić information content (AvgIpc) is 3.33. The van der Waals surface area contributed by atoms with Crippen molar-refractivity contribution in [2.24, 2.45) is 13.0 Å². The number of aromatic nitrogens is 2. The molecular weight excluding hydrogens is 420 g/mol. The number of fused-ring (bicyclic) bond motifs is 1. The van der Waals surface area contributed by atoms with Crippen LogP contribution in [0, 0.1) is 5.92 Å². The van der Waals surface area contributed by atoms with Crippen LogP contribution in [0.15, 0.2) is 47.5 Å². The Balaban J connectivity index is 1.85. The predicted molar refractivity (Wildman–Crippen MR) is 127 cm³/mol. The normalized spacial score (nSPS) is 12.7. The molecule has 8 heteroatoms. The van der Waals surface area contributed by atoms with Crippen molar-refractivity contribution in [3.8, 4) is 0 Å². The van der Waals surface area contributed by atoms with Gasteiger partial charge in [0.05, 0.1) is 12.6 Å². The van der Waals surface area contributed by atoms with Gasteiger partial charge in [0.1, 0.15) is 17.2 Å². The van der Waals surface area contributed by atoms with Crippen molar-refractivity contribution < 1.29 is 18.7 Å². The van der Waals surface area contributed by atoms with Crippen LogP contribution in [0.1, 0.15) is 45.9 Å². The van der Waals surface area contributed by atoms with Crippen LogP contribution in [0.5, 0.6) is 0 Å². The molecule has 3 rings (SSSR count). The number of nitrogens with one attached hydrogen (secondary N) is 1. The molecule has 0 saturated carbocycles. The molecule has 1 unspecified atom stereocenters. The van der Waals surface area contributed by atoms with Gasteiger partial charge in [-0.2, -0.15) is 0 Å². The number of carbonyl (C=O) groups excluding carboxylic acids is 2. The van der Waals surface area contributed by atoms with Crippen molar-refractivity contribution in [2.45, 2.75) is 59.2 Å². The summed E-state index contributed by atoms with van der Waals surface area (Å²) in [5.41, 5.74) is 1.98. The van der Waals surface area contributed by atoms with Crippen molar-refractivity contribution >= 4 is 23.0 Å². The van der Waals surface area contributed by atoms with Crippen molar-refractivity contribution in [2.75, 3.05) is 6.54 Å². The van der Waals surface area contributed by atoms with E-state index < -0.39 is 17.7 Å². The standard InChI is InChI=1S/C25H34N4O4/c1-17(2)14-29(15-18-7-8-22-19(11-18)9-10-32-22)23(30)21(12-20-13-26-16-28(20)6)27-24(31)33-25(3,4)5/h7-11,13,16-17,21H,12,14-15H2,1-6H3,(H,27,31). The Morgan fingerprint density at radius 1 is 1.24 bits per heavy atom. The monoisotopic (exact) mass is 454 g/mol. The SMILES string of the molecule is CC(C)CN(Cc1ccc2occc2c1)C(=O)C(Cc1cncn1C)NC(=O)OC(C)(C)C. The Bertz CT molecular complexity index is 1090. The highest BCUT2D eigenvalue weighted by molar-refractivity contribution is 5.86. The summed E-state index contributed by atoms with van der Waals surface area (Å²) in [6.45, 7) is 10.5. The topological polar surface area (TPSA) is 89.6 Å². The molecule has 178 valence electrons. The van der Waals surface area contributed by atoms with Crippen LogP contribution in [0.4, 0.5) is 4.79 Å². The molecule has 0 aliphatic rings. The highest BCUT2D eigenvalue weighted by Gasteiger charge is 2.29. The molecule has 1 atom stereocenters. The Morgan fingerprint density at radius 3 is 2.64 bits per heavy atom. The molecule has 0 saturated heterocycles. The van der Waals surface area contributed by atoms with Gasteiger partial charge in [0.15, 0.2) is 0 Å². The van der Waals surface area contributed by atoms with E-state index in [0.717, 1.165) is 22.2 Å². The van der Waals surface area contributed by atoms with E-state index in [4.69, 9.17) is 9.15 Å². The first kappa shape index (κ1) is 24.4. The zero-order chi connectivity index (χ0) is 24.2. The molecule has 0 aliphatic carbocycles. The number of alkyl carbamates (subject to hydrolysis) is 1. The minimum Gasteiger partial charge on any atom is -0.464 e. The van der Waals surface area contributed by atoms with Gasteiger partial charge in [-0.3, -0.25) is 4.79 Å². The molecule has 0 radical (unpaired) electrons. The predicted octanol–water partition coefficient (Wildman–Crippen LogP) is 4.29. The largest absolute Gasteiger partial charge is 0.464 e. The number of carbonyl (C=O) groups is 2. The van der Waals surface area contributed by atoms with Crippen molar-refractivity contribution in [3.63, 3.8) is 0 Å². The summed E-state index contributed by atoms with van der Waals surface area (Å²) in [6.07, 6.45) is 4.73. The lowest BCUT2D eigenvalue weighted by molar-refractivity contribution is -0.134. The quantitative estimate of drug-likeness (QED) is 0.549. The minimum absolute atomic E-state index is 0.164. The molecule has 8 nitrogen and oxygen atoms in total. The number of amides is 2. The molecular formula is C25H34N4O4. The third-order valence-electron chi connectivity index (χ3n) is 5.11. The number of rotatable bonds is 8. The number of nitrogens with zero attached hydrogens (tertiary/aromatic N) is 3. The Kier molecular flexibility index (Phi) is 7.46. The molecule has 33 heavy (non-hydrogen) atoms. The van der Waals surface area contributed by atoms with Crippen LogP contribution in [-0.2, 0) is 29.5 Å². The molecule has 1 aromatic carbocycles. The summed E-state index contributed by atoms with van der Waals surface area (Å²) < 4.78 is 12.7. The van der Waals surface area contributed by atoms with E-state index in [2.05, 4.69) is 24.1 Å². The number of furan rings is 1. The summed E-state index contributed by atoms with van der Waals surface area (Å²) >= 11 is 0. The van der Waals surface area contributed by atoms with Gasteiger partial charge in [-0.1, -0.05) is 19.9 Å². The van der Waals surface area contributed by atoms with Gasteiger partial charge in [-0.05, 0) is 50.5 Å². The van der Waals surface area contributed by atoms with Gasteiger partial charge in [-0.25, -0.2) is 9.78 Å². The van der Waals surface area contributed by atoms with Crippen LogP contribution < -0.4 is 5.32 Å². The van der Waals surface area contributed by atoms with E-state index in [-0.39, 0.29) is 11.8 Å². The second-order valence-corrected chi connectivity index (χ2v) is 9.80. The highest BCUT2D eigenvalue weighted by Crippen LogP contribution is 2.19. The van der Waals surface area contributed by atoms with Gasteiger partial charge in [0, 0.05) is 43.8 Å². The smallest absolute Gasteiger partial charge is 0.408 e. The van der Waals surface area contributed by atoms with Crippen LogP contribution >= 0.6 is 0 Å². The van der Waals surface area contributed by atoms with Crippen molar-refractivity contribution in [1.82, 2.24) is 19.8 Å². The van der Waals surface area contributed by atoms with Gasteiger partial charge in [0.25, 0.3) is 0 Å². The summed E-state index contributed by atoms with van der Waals surface area (Å²) in [4.78, 5) is 32.3. The van der Waals surface area contributed by atoms with E-state index in [0.29, 0.717) is 19.5 Å². The molecule has 0 spiro atoms. The number of hydrogen-bond donors (Lipinski definition) is 1. The van der Waals surface area contributed by atoms with Gasteiger partial charge >= 0.3 is 6.09 Å². The van der Waals surface area contributed by atoms with Crippen molar-refractivity contribution in [3.05, 3.63) is 54.3 Å². The molecule has 0 aliphatic heterocycles. The zero-order valence-corrected chi connectivity index (χ0v) is 20.3. The first-order chi connectivity index (χ1) is 15.5. The fourth-order valence-electron chi connectivity index (χ4n) is 3.67. The third-order valence-corrected chi connectivity index (χ3v) is 5.11. The Morgan fingerprint density at radius 2 is 2.00 bits per heavy atom. The molecule has 1 N–H and O–H groups in total. The number of imidazole rings is 1. The zero-order valence-electron chi connectivity index (χ0n) is 20.3. The lowest BCUT2D eigenvalue weighted by Crippen LogP contribution is -2.51. The Labute approximate surface area is 194 Å².